The van der Waals surface area contributed by atoms with Crippen LogP contribution in [-0.4, -0.2) is 52.6 Å². The fourth-order valence-corrected chi connectivity index (χ4v) is 4.63. The molecule has 2 atom stereocenters. The number of methoxy groups -OCH3 is 1. The van der Waals surface area contributed by atoms with Crippen LogP contribution in [0.2, 0.25) is 0 Å². The van der Waals surface area contributed by atoms with Crippen molar-refractivity contribution in [2.24, 2.45) is 5.92 Å². The molecule has 1 amide bonds. The van der Waals surface area contributed by atoms with Crippen molar-refractivity contribution in [1.29, 1.82) is 0 Å². The summed E-state index contributed by atoms with van der Waals surface area (Å²) in [5, 5.41) is 3.30. The topological polar surface area (TPSA) is 80.2 Å². The van der Waals surface area contributed by atoms with Gasteiger partial charge in [-0.1, -0.05) is 6.07 Å². The number of hydrogen-bond donors (Lipinski definition) is 1. The third kappa shape index (κ3) is 4.23. The van der Waals surface area contributed by atoms with Gasteiger partial charge in [-0.2, -0.15) is 0 Å². The number of amides is 1. The predicted molar refractivity (Wildman–Crippen MR) is 114 cm³/mol. The van der Waals surface area contributed by atoms with E-state index < -0.39 is 0 Å². The minimum Gasteiger partial charge on any atom is -0.384 e. The minimum atomic E-state index is -0.0748. The van der Waals surface area contributed by atoms with Crippen molar-refractivity contribution in [3.05, 3.63) is 46.7 Å². The van der Waals surface area contributed by atoms with Crippen LogP contribution in [0.3, 0.4) is 0 Å². The number of thiophene rings is 1. The minimum absolute atomic E-state index is 0.0357. The van der Waals surface area contributed by atoms with Gasteiger partial charge in [-0.15, -0.1) is 11.3 Å². The first-order valence-corrected chi connectivity index (χ1v) is 10.6. The highest BCUT2D eigenvalue weighted by Crippen LogP contribution is 2.30. The Hall–Kier alpha value is -2.58. The van der Waals surface area contributed by atoms with Crippen molar-refractivity contribution in [2.45, 2.75) is 26.3 Å². The van der Waals surface area contributed by atoms with Crippen LogP contribution in [0.4, 0.5) is 5.95 Å². The maximum absolute atomic E-state index is 13.3. The molecular formula is C21H25N5O2S. The molecule has 1 aliphatic rings. The smallest absolute Gasteiger partial charge is 0.274 e. The summed E-state index contributed by atoms with van der Waals surface area (Å²) in [6, 6.07) is 7.72. The number of pyridine rings is 1. The SMILES string of the molecule is COC[C@@H]1CCN(C(=O)c2nc(N[C@@H](C)c3ccccn3)nc3cc(C)sc23)C1. The molecular weight excluding hydrogens is 386 g/mol. The monoisotopic (exact) mass is 411 g/mol. The fourth-order valence-electron chi connectivity index (χ4n) is 3.70. The summed E-state index contributed by atoms with van der Waals surface area (Å²) >= 11 is 1.56. The van der Waals surface area contributed by atoms with Crippen LogP contribution in [0.1, 0.15) is 40.4 Å². The number of carbonyl (C=O) groups is 1. The summed E-state index contributed by atoms with van der Waals surface area (Å²) in [4.78, 5) is 29.9. The van der Waals surface area contributed by atoms with E-state index in [0.717, 1.165) is 33.8 Å². The number of aromatic nitrogens is 3. The van der Waals surface area contributed by atoms with Gasteiger partial charge in [-0.3, -0.25) is 9.78 Å². The highest BCUT2D eigenvalue weighted by atomic mass is 32.1. The van der Waals surface area contributed by atoms with Gasteiger partial charge in [0.1, 0.15) is 0 Å². The summed E-state index contributed by atoms with van der Waals surface area (Å²) in [7, 11) is 1.70. The van der Waals surface area contributed by atoms with Crippen LogP contribution in [0.25, 0.3) is 10.2 Å². The number of hydrogen-bond acceptors (Lipinski definition) is 7. The van der Waals surface area contributed by atoms with Gasteiger partial charge in [-0.25, -0.2) is 9.97 Å². The van der Waals surface area contributed by atoms with Gasteiger partial charge in [0.05, 0.1) is 28.6 Å². The molecule has 7 nitrogen and oxygen atoms in total. The van der Waals surface area contributed by atoms with Gasteiger partial charge >= 0.3 is 0 Å². The van der Waals surface area contributed by atoms with Crippen molar-refractivity contribution >= 4 is 33.4 Å². The standard InChI is InChI=1S/C21H25N5O2S/c1-13-10-17-19(29-13)18(20(27)26-9-7-15(11-26)12-28-3)25-21(24-17)23-14(2)16-6-4-5-8-22-16/h4-6,8,10,14-15H,7,9,11-12H2,1-3H3,(H,23,24,25)/t14-,15+/m0/s1. The number of nitrogens with one attached hydrogen (secondary N) is 1. The third-order valence-corrected chi connectivity index (χ3v) is 6.20. The predicted octanol–water partition coefficient (Wildman–Crippen LogP) is 3.68. The van der Waals surface area contributed by atoms with Gasteiger partial charge < -0.3 is 15.0 Å². The number of aryl methyl sites for hydroxylation is 1. The molecule has 0 aromatic carbocycles. The number of fused-ring (bicyclic) bond motifs is 1. The summed E-state index contributed by atoms with van der Waals surface area (Å²) in [6.07, 6.45) is 2.72. The largest absolute Gasteiger partial charge is 0.384 e. The van der Waals surface area contributed by atoms with Crippen LogP contribution in [0.15, 0.2) is 30.5 Å². The molecule has 4 rings (SSSR count). The normalized spacial score (nSPS) is 17.6. The Balaban J connectivity index is 1.63. The average molecular weight is 412 g/mol. The van der Waals surface area contributed by atoms with Gasteiger partial charge in [-0.05, 0) is 38.5 Å². The second-order valence-electron chi connectivity index (χ2n) is 7.45. The van der Waals surface area contributed by atoms with Crippen molar-refractivity contribution in [2.75, 3.05) is 32.1 Å². The summed E-state index contributed by atoms with van der Waals surface area (Å²) in [5.41, 5.74) is 2.17. The Morgan fingerprint density at radius 1 is 1.41 bits per heavy atom. The van der Waals surface area contributed by atoms with Crippen molar-refractivity contribution in [1.82, 2.24) is 19.9 Å². The van der Waals surface area contributed by atoms with E-state index in [4.69, 9.17) is 4.74 Å². The Morgan fingerprint density at radius 3 is 3.03 bits per heavy atom. The highest BCUT2D eigenvalue weighted by Gasteiger charge is 2.29. The van der Waals surface area contributed by atoms with Crippen molar-refractivity contribution < 1.29 is 9.53 Å². The summed E-state index contributed by atoms with van der Waals surface area (Å²) in [5.74, 6) is 0.795. The molecule has 3 aromatic heterocycles. The molecule has 0 bridgehead atoms. The number of nitrogens with zero attached hydrogens (tertiary/aromatic N) is 4. The first-order valence-electron chi connectivity index (χ1n) is 9.79. The molecule has 29 heavy (non-hydrogen) atoms. The molecule has 8 heteroatoms. The quantitative estimate of drug-likeness (QED) is 0.667. The van der Waals surface area contributed by atoms with E-state index in [-0.39, 0.29) is 11.9 Å². The second-order valence-corrected chi connectivity index (χ2v) is 8.71. The maximum atomic E-state index is 13.3. The Labute approximate surface area is 174 Å². The van der Waals surface area contributed by atoms with E-state index >= 15 is 0 Å². The lowest BCUT2D eigenvalue weighted by molar-refractivity contribution is 0.0772. The lowest BCUT2D eigenvalue weighted by Gasteiger charge is -2.18. The van der Waals surface area contributed by atoms with Gasteiger partial charge in [0, 0.05) is 37.2 Å². The van der Waals surface area contributed by atoms with E-state index in [9.17, 15) is 4.79 Å². The number of carbonyl (C=O) groups excluding carboxylic acids is 1. The zero-order valence-electron chi connectivity index (χ0n) is 16.9. The van der Waals surface area contributed by atoms with E-state index in [1.165, 1.54) is 0 Å². The second kappa shape index (κ2) is 8.42. The Bertz CT molecular complexity index is 1010. The lowest BCUT2D eigenvalue weighted by atomic mass is 10.1. The zero-order valence-corrected chi connectivity index (χ0v) is 17.7. The van der Waals surface area contributed by atoms with E-state index in [1.807, 2.05) is 43.0 Å². The van der Waals surface area contributed by atoms with Crippen LogP contribution in [-0.2, 0) is 4.74 Å². The molecule has 1 aliphatic heterocycles. The zero-order chi connectivity index (χ0) is 20.4. The van der Waals surface area contributed by atoms with Crippen LogP contribution in [0.5, 0.6) is 0 Å². The molecule has 1 N–H and O–H groups in total. The molecule has 1 fully saturated rings. The van der Waals surface area contributed by atoms with Crippen LogP contribution in [0, 0.1) is 12.8 Å². The first-order chi connectivity index (χ1) is 14.0. The molecule has 0 radical (unpaired) electrons. The fraction of sp³-hybridized carbons (Fsp3) is 0.429. The average Bonchev–Trinajstić information content (AvgIpc) is 3.33. The Kier molecular flexibility index (Phi) is 5.73. The van der Waals surface area contributed by atoms with Gasteiger partial charge in [0.2, 0.25) is 5.95 Å². The van der Waals surface area contributed by atoms with E-state index in [1.54, 1.807) is 24.6 Å². The van der Waals surface area contributed by atoms with E-state index in [0.29, 0.717) is 30.7 Å². The van der Waals surface area contributed by atoms with Gasteiger partial charge in [0.25, 0.3) is 5.91 Å². The van der Waals surface area contributed by atoms with Crippen LogP contribution < -0.4 is 5.32 Å². The van der Waals surface area contributed by atoms with Crippen molar-refractivity contribution in [3.8, 4) is 0 Å². The number of likely N-dealkylation sites (tertiary alicyclic amines) is 1. The van der Waals surface area contributed by atoms with Crippen molar-refractivity contribution in [3.63, 3.8) is 0 Å². The molecule has 1 saturated heterocycles. The first kappa shape index (κ1) is 19.7. The highest BCUT2D eigenvalue weighted by molar-refractivity contribution is 7.19. The van der Waals surface area contributed by atoms with Gasteiger partial charge in [0.15, 0.2) is 5.69 Å². The third-order valence-electron chi connectivity index (χ3n) is 5.15. The molecule has 0 saturated carbocycles. The molecule has 0 unspecified atom stereocenters. The molecule has 4 heterocycles. The summed E-state index contributed by atoms with van der Waals surface area (Å²) < 4.78 is 6.11. The molecule has 3 aromatic rings. The lowest BCUT2D eigenvalue weighted by Crippen LogP contribution is -2.30. The molecule has 0 aliphatic carbocycles. The number of rotatable bonds is 6. The van der Waals surface area contributed by atoms with Crippen LogP contribution >= 0.6 is 11.3 Å². The molecule has 152 valence electrons. The van der Waals surface area contributed by atoms with E-state index in [2.05, 4.69) is 20.3 Å². The summed E-state index contributed by atoms with van der Waals surface area (Å²) in [6.45, 7) is 6.14. The Morgan fingerprint density at radius 2 is 2.28 bits per heavy atom. The number of ether oxygens (including phenoxy) is 1. The number of anilines is 1. The molecule has 0 spiro atoms. The maximum Gasteiger partial charge on any atom is 0.274 e.